The number of nitrogens with zero attached hydrogens (tertiary/aromatic N) is 4. The van der Waals surface area contributed by atoms with Crippen LogP contribution in [0.25, 0.3) is 11.2 Å². The minimum absolute atomic E-state index is 0.0293. The molecule has 0 aliphatic heterocycles. The summed E-state index contributed by atoms with van der Waals surface area (Å²) in [4.78, 5) is 52.1. The van der Waals surface area contributed by atoms with Gasteiger partial charge in [0.15, 0.2) is 17.3 Å². The molecule has 2 heterocycles. The van der Waals surface area contributed by atoms with Crippen molar-refractivity contribution in [3.05, 3.63) is 27.2 Å². The highest BCUT2D eigenvalue weighted by atomic mass is 16.5. The Morgan fingerprint density at radius 3 is 2.65 bits per heavy atom. The average molecular weight is 363 g/mol. The summed E-state index contributed by atoms with van der Waals surface area (Å²) in [5.41, 5.74) is -0.459. The number of esters is 1. The lowest BCUT2D eigenvalue weighted by atomic mass is 10.3. The lowest BCUT2D eigenvalue weighted by Gasteiger charge is -2.13. The van der Waals surface area contributed by atoms with Crippen molar-refractivity contribution in [2.24, 2.45) is 14.1 Å². The van der Waals surface area contributed by atoms with Gasteiger partial charge in [0, 0.05) is 26.7 Å². The first kappa shape index (κ1) is 17.9. The maximum atomic E-state index is 12.3. The van der Waals surface area contributed by atoms with Crippen molar-refractivity contribution in [3.63, 3.8) is 0 Å². The molecule has 2 aromatic heterocycles. The molecule has 1 aliphatic rings. The zero-order valence-electron chi connectivity index (χ0n) is 14.9. The number of carbonyl (C=O) groups excluding carboxylic acids is 2. The van der Waals surface area contributed by atoms with Crippen LogP contribution in [0.5, 0.6) is 0 Å². The number of amides is 1. The molecule has 1 atom stereocenters. The van der Waals surface area contributed by atoms with Gasteiger partial charge < -0.3 is 14.6 Å². The van der Waals surface area contributed by atoms with E-state index in [9.17, 15) is 19.2 Å². The predicted octanol–water partition coefficient (Wildman–Crippen LogP) is -0.966. The van der Waals surface area contributed by atoms with Gasteiger partial charge in [0.25, 0.3) is 11.5 Å². The van der Waals surface area contributed by atoms with Gasteiger partial charge in [0.05, 0.1) is 12.7 Å². The molecule has 0 radical (unpaired) electrons. The predicted molar refractivity (Wildman–Crippen MR) is 91.6 cm³/mol. The van der Waals surface area contributed by atoms with Crippen molar-refractivity contribution in [1.29, 1.82) is 0 Å². The summed E-state index contributed by atoms with van der Waals surface area (Å²) in [6, 6.07) is 0.198. The van der Waals surface area contributed by atoms with Crippen LogP contribution in [0.4, 0.5) is 0 Å². The molecule has 10 heteroatoms. The Labute approximate surface area is 148 Å². The molecule has 1 fully saturated rings. The molecule has 0 aromatic carbocycles. The summed E-state index contributed by atoms with van der Waals surface area (Å²) in [7, 11) is 2.91. The highest BCUT2D eigenvalue weighted by molar-refractivity contribution is 5.83. The minimum Gasteiger partial charge on any atom is -0.452 e. The van der Waals surface area contributed by atoms with Crippen molar-refractivity contribution in [3.8, 4) is 0 Å². The van der Waals surface area contributed by atoms with Gasteiger partial charge in [-0.05, 0) is 19.8 Å². The summed E-state index contributed by atoms with van der Waals surface area (Å²) in [6.45, 7) is 1.67. The van der Waals surface area contributed by atoms with Crippen molar-refractivity contribution in [1.82, 2.24) is 24.0 Å². The highest BCUT2D eigenvalue weighted by Crippen LogP contribution is 2.18. The Balaban J connectivity index is 1.68. The third-order valence-electron chi connectivity index (χ3n) is 4.38. The molecule has 3 rings (SSSR count). The monoisotopic (exact) mass is 363 g/mol. The van der Waals surface area contributed by atoms with Crippen LogP contribution in [0.1, 0.15) is 26.2 Å². The Morgan fingerprint density at radius 2 is 2.00 bits per heavy atom. The Kier molecular flexibility index (Phi) is 4.66. The van der Waals surface area contributed by atoms with E-state index in [1.165, 1.54) is 36.5 Å². The molecule has 1 saturated carbocycles. The maximum absolute atomic E-state index is 12.3. The number of aromatic nitrogens is 4. The van der Waals surface area contributed by atoms with E-state index in [-0.39, 0.29) is 36.1 Å². The van der Waals surface area contributed by atoms with Crippen LogP contribution in [0.3, 0.4) is 0 Å². The fourth-order valence-electron chi connectivity index (χ4n) is 2.63. The Morgan fingerprint density at radius 1 is 1.31 bits per heavy atom. The minimum atomic E-state index is -0.865. The molecule has 1 N–H and O–H groups in total. The van der Waals surface area contributed by atoms with Crippen LogP contribution in [-0.4, -0.2) is 42.7 Å². The van der Waals surface area contributed by atoms with E-state index in [0.717, 1.165) is 17.4 Å². The van der Waals surface area contributed by atoms with Crippen molar-refractivity contribution in [2.75, 3.05) is 0 Å². The summed E-state index contributed by atoms with van der Waals surface area (Å²) < 4.78 is 8.89. The molecule has 0 spiro atoms. The Bertz CT molecular complexity index is 981. The SMILES string of the molecule is CC(OC(=O)CCn1cnc2c1c(=O)n(C)c(=O)n2C)C(=O)NC1CC1. The largest absolute Gasteiger partial charge is 0.452 e. The number of hydrogen-bond acceptors (Lipinski definition) is 6. The van der Waals surface area contributed by atoms with E-state index in [0.29, 0.717) is 0 Å². The molecule has 2 aromatic rings. The number of ether oxygens (including phenoxy) is 1. The standard InChI is InChI=1S/C16H21N5O5/c1-9(14(23)18-10-4-5-10)26-11(22)6-7-21-8-17-13-12(21)15(24)20(3)16(25)19(13)2/h8-10H,4-7H2,1-3H3,(H,18,23). The number of aryl methyl sites for hydroxylation is 2. The van der Waals surface area contributed by atoms with Gasteiger partial charge in [-0.1, -0.05) is 0 Å². The van der Waals surface area contributed by atoms with Gasteiger partial charge in [-0.25, -0.2) is 9.78 Å². The van der Waals surface area contributed by atoms with Crippen LogP contribution >= 0.6 is 0 Å². The van der Waals surface area contributed by atoms with E-state index in [1.54, 1.807) is 0 Å². The molecule has 10 nitrogen and oxygen atoms in total. The summed E-state index contributed by atoms with van der Waals surface area (Å²) >= 11 is 0. The second kappa shape index (κ2) is 6.77. The molecule has 140 valence electrons. The third kappa shape index (κ3) is 3.39. The molecule has 0 bridgehead atoms. The lowest BCUT2D eigenvalue weighted by Crippen LogP contribution is -2.38. The molecule has 26 heavy (non-hydrogen) atoms. The number of nitrogens with one attached hydrogen (secondary N) is 1. The number of carbonyl (C=O) groups is 2. The van der Waals surface area contributed by atoms with Crippen molar-refractivity contribution < 1.29 is 14.3 Å². The molecular weight excluding hydrogens is 342 g/mol. The van der Waals surface area contributed by atoms with Gasteiger partial charge in [-0.3, -0.25) is 23.5 Å². The second-order valence-corrected chi connectivity index (χ2v) is 6.48. The molecule has 1 unspecified atom stereocenters. The first-order valence-electron chi connectivity index (χ1n) is 8.40. The molecule has 1 amide bonds. The molecule has 0 saturated heterocycles. The number of rotatable bonds is 6. The van der Waals surface area contributed by atoms with E-state index < -0.39 is 23.3 Å². The van der Waals surface area contributed by atoms with Crippen molar-refractivity contribution in [2.45, 2.75) is 44.9 Å². The van der Waals surface area contributed by atoms with Crippen LogP contribution < -0.4 is 16.6 Å². The fraction of sp³-hybridized carbons (Fsp3) is 0.562. The van der Waals surface area contributed by atoms with Gasteiger partial charge in [0.1, 0.15) is 0 Å². The van der Waals surface area contributed by atoms with E-state index >= 15 is 0 Å². The summed E-state index contributed by atoms with van der Waals surface area (Å²) in [5, 5.41) is 2.77. The first-order chi connectivity index (χ1) is 12.3. The summed E-state index contributed by atoms with van der Waals surface area (Å²) in [5.74, 6) is -0.857. The van der Waals surface area contributed by atoms with Crippen LogP contribution in [0, 0.1) is 0 Å². The third-order valence-corrected chi connectivity index (χ3v) is 4.38. The van der Waals surface area contributed by atoms with Gasteiger partial charge in [0.2, 0.25) is 0 Å². The van der Waals surface area contributed by atoms with Crippen LogP contribution in [0.15, 0.2) is 15.9 Å². The maximum Gasteiger partial charge on any atom is 0.332 e. The van der Waals surface area contributed by atoms with Gasteiger partial charge >= 0.3 is 11.7 Å². The summed E-state index contributed by atoms with van der Waals surface area (Å²) in [6.07, 6.45) is 2.42. The Hall–Kier alpha value is -2.91. The van der Waals surface area contributed by atoms with E-state index in [4.69, 9.17) is 4.74 Å². The number of imidazole rings is 1. The van der Waals surface area contributed by atoms with Crippen molar-refractivity contribution >= 4 is 23.0 Å². The van der Waals surface area contributed by atoms with Gasteiger partial charge in [-0.15, -0.1) is 0 Å². The zero-order chi connectivity index (χ0) is 19.0. The quantitative estimate of drug-likeness (QED) is 0.660. The molecular formula is C16H21N5O5. The normalized spacial score (nSPS) is 15.0. The number of hydrogen-bond donors (Lipinski definition) is 1. The average Bonchev–Trinajstić information content (AvgIpc) is 3.31. The first-order valence-corrected chi connectivity index (χ1v) is 8.40. The molecule has 1 aliphatic carbocycles. The lowest BCUT2D eigenvalue weighted by molar-refractivity contribution is -0.155. The van der Waals surface area contributed by atoms with Crippen LogP contribution in [0.2, 0.25) is 0 Å². The highest BCUT2D eigenvalue weighted by Gasteiger charge is 2.27. The van der Waals surface area contributed by atoms with Crippen LogP contribution in [-0.2, 0) is 35.0 Å². The second-order valence-electron chi connectivity index (χ2n) is 6.48. The smallest absolute Gasteiger partial charge is 0.332 e. The topological polar surface area (TPSA) is 117 Å². The zero-order valence-corrected chi connectivity index (χ0v) is 14.9. The van der Waals surface area contributed by atoms with E-state index in [2.05, 4.69) is 10.3 Å². The fourth-order valence-corrected chi connectivity index (χ4v) is 2.63. The number of fused-ring (bicyclic) bond motifs is 1. The van der Waals surface area contributed by atoms with E-state index in [1.807, 2.05) is 0 Å². The van der Waals surface area contributed by atoms with Gasteiger partial charge in [-0.2, -0.15) is 0 Å².